The van der Waals surface area contributed by atoms with Crippen molar-refractivity contribution in [2.45, 2.75) is 44.1 Å². The molecule has 2 unspecified atom stereocenters. The molecule has 4 nitrogen and oxygen atoms in total. The number of fused-ring (bicyclic) bond motifs is 3. The van der Waals surface area contributed by atoms with E-state index < -0.39 is 0 Å². The van der Waals surface area contributed by atoms with Crippen molar-refractivity contribution in [3.05, 3.63) is 29.3 Å². The zero-order valence-corrected chi connectivity index (χ0v) is 12.3. The summed E-state index contributed by atoms with van der Waals surface area (Å²) in [5.74, 6) is 2.62. The van der Waals surface area contributed by atoms with Crippen molar-refractivity contribution >= 4 is 6.02 Å². The third-order valence-electron chi connectivity index (χ3n) is 5.08. The summed E-state index contributed by atoms with van der Waals surface area (Å²) in [6.07, 6.45) is 6.73. The molecule has 112 valence electrons. The fraction of sp³-hybridized carbons (Fsp3) is 0.588. The number of nitrogens with zero attached hydrogens (tertiary/aromatic N) is 1. The molecular formula is C17H22N2O2. The average molecular weight is 286 g/mol. The predicted octanol–water partition coefficient (Wildman–Crippen LogP) is 2.61. The number of hydrogen-bond donors (Lipinski definition) is 1. The predicted molar refractivity (Wildman–Crippen MR) is 81.7 cm³/mol. The zero-order chi connectivity index (χ0) is 14.2. The van der Waals surface area contributed by atoms with Crippen LogP contribution in [0, 0.1) is 5.92 Å². The van der Waals surface area contributed by atoms with Gasteiger partial charge in [0.15, 0.2) is 6.10 Å². The Balaban J connectivity index is 1.42. The maximum Gasteiger partial charge on any atom is 0.282 e. The number of hydrogen-bond acceptors (Lipinski definition) is 4. The van der Waals surface area contributed by atoms with E-state index >= 15 is 0 Å². The van der Waals surface area contributed by atoms with Crippen LogP contribution in [0.2, 0.25) is 0 Å². The van der Waals surface area contributed by atoms with E-state index in [1.807, 2.05) is 0 Å². The number of benzene rings is 1. The van der Waals surface area contributed by atoms with Crippen molar-refractivity contribution < 1.29 is 9.47 Å². The van der Waals surface area contributed by atoms with E-state index in [4.69, 9.17) is 15.2 Å². The van der Waals surface area contributed by atoms with Gasteiger partial charge in [0.25, 0.3) is 6.02 Å². The second kappa shape index (κ2) is 5.24. The van der Waals surface area contributed by atoms with Gasteiger partial charge in [-0.2, -0.15) is 0 Å². The number of aliphatic imine (C=N–C) groups is 1. The molecule has 4 rings (SSSR count). The van der Waals surface area contributed by atoms with Crippen LogP contribution in [-0.2, 0) is 11.2 Å². The van der Waals surface area contributed by atoms with Crippen molar-refractivity contribution in [3.8, 4) is 5.75 Å². The van der Waals surface area contributed by atoms with Crippen molar-refractivity contribution in [3.63, 3.8) is 0 Å². The van der Waals surface area contributed by atoms with Crippen molar-refractivity contribution in [2.75, 3.05) is 13.2 Å². The van der Waals surface area contributed by atoms with Crippen LogP contribution in [0.25, 0.3) is 0 Å². The monoisotopic (exact) mass is 286 g/mol. The Hall–Kier alpha value is -1.71. The van der Waals surface area contributed by atoms with E-state index in [0.29, 0.717) is 13.2 Å². The summed E-state index contributed by atoms with van der Waals surface area (Å²) < 4.78 is 11.2. The highest BCUT2D eigenvalue weighted by atomic mass is 16.5. The quantitative estimate of drug-likeness (QED) is 0.929. The average Bonchev–Trinajstić information content (AvgIpc) is 3.07. The molecule has 1 fully saturated rings. The standard InChI is InChI=1S/C17H22N2O2/c18-17-19-9-14(21-17)10-20-13-5-6-16-12(8-13)7-11-3-1-2-4-15(11)16/h5-6,8,11,14-15H,1-4,7,9-10H2,(H2,18,19)/t11?,14-,15?/m0/s1. The summed E-state index contributed by atoms with van der Waals surface area (Å²) in [6, 6.07) is 6.89. The summed E-state index contributed by atoms with van der Waals surface area (Å²) in [5, 5.41) is 0. The molecule has 0 bridgehead atoms. The molecule has 3 aliphatic rings. The van der Waals surface area contributed by atoms with E-state index in [1.165, 1.54) is 37.7 Å². The number of amidine groups is 1. The maximum absolute atomic E-state index is 5.86. The Morgan fingerprint density at radius 1 is 1.29 bits per heavy atom. The molecule has 2 N–H and O–H groups in total. The zero-order valence-electron chi connectivity index (χ0n) is 12.3. The first-order chi connectivity index (χ1) is 10.3. The van der Waals surface area contributed by atoms with Crippen LogP contribution in [0.4, 0.5) is 0 Å². The normalized spacial score (nSPS) is 30.3. The number of rotatable bonds is 3. The van der Waals surface area contributed by atoms with Crippen LogP contribution in [-0.4, -0.2) is 25.3 Å². The van der Waals surface area contributed by atoms with E-state index in [0.717, 1.165) is 17.6 Å². The first-order valence-electron chi connectivity index (χ1n) is 8.02. The fourth-order valence-corrected chi connectivity index (χ4v) is 4.07. The van der Waals surface area contributed by atoms with Crippen LogP contribution < -0.4 is 10.5 Å². The molecule has 0 amide bonds. The largest absolute Gasteiger partial charge is 0.490 e. The van der Waals surface area contributed by atoms with E-state index in [1.54, 1.807) is 5.56 Å². The third-order valence-corrected chi connectivity index (χ3v) is 5.08. The molecule has 1 aliphatic heterocycles. The van der Waals surface area contributed by atoms with Gasteiger partial charge in [-0.15, -0.1) is 0 Å². The Labute approximate surface area is 125 Å². The Morgan fingerprint density at radius 3 is 3.05 bits per heavy atom. The van der Waals surface area contributed by atoms with Crippen molar-refractivity contribution in [1.29, 1.82) is 0 Å². The van der Waals surface area contributed by atoms with Gasteiger partial charge in [-0.25, -0.2) is 4.99 Å². The molecule has 21 heavy (non-hydrogen) atoms. The minimum atomic E-state index is -0.0409. The van der Waals surface area contributed by atoms with Crippen LogP contribution in [0.15, 0.2) is 23.2 Å². The summed E-state index contributed by atoms with van der Waals surface area (Å²) in [7, 11) is 0. The molecule has 4 heteroatoms. The van der Waals surface area contributed by atoms with Crippen LogP contribution in [0.5, 0.6) is 5.75 Å². The lowest BCUT2D eigenvalue weighted by molar-refractivity contribution is 0.141. The molecule has 0 spiro atoms. The van der Waals surface area contributed by atoms with Gasteiger partial charge < -0.3 is 15.2 Å². The van der Waals surface area contributed by atoms with E-state index in [-0.39, 0.29) is 12.1 Å². The SMILES string of the molecule is NC1=NC[C@@H](COc2ccc3c(c2)CC2CCCCC32)O1. The van der Waals surface area contributed by atoms with Gasteiger partial charge in [0.2, 0.25) is 0 Å². The molecule has 0 aromatic heterocycles. The van der Waals surface area contributed by atoms with Crippen molar-refractivity contribution in [2.24, 2.45) is 16.6 Å². The molecule has 2 aliphatic carbocycles. The smallest absolute Gasteiger partial charge is 0.282 e. The van der Waals surface area contributed by atoms with Gasteiger partial charge in [0, 0.05) is 0 Å². The van der Waals surface area contributed by atoms with E-state index in [9.17, 15) is 0 Å². The molecule has 1 heterocycles. The van der Waals surface area contributed by atoms with E-state index in [2.05, 4.69) is 23.2 Å². The van der Waals surface area contributed by atoms with Crippen LogP contribution in [0.3, 0.4) is 0 Å². The highest BCUT2D eigenvalue weighted by molar-refractivity contribution is 5.73. The Bertz CT molecular complexity index is 570. The second-order valence-corrected chi connectivity index (χ2v) is 6.45. The minimum absolute atomic E-state index is 0.0409. The van der Waals surface area contributed by atoms with Gasteiger partial charge in [0.1, 0.15) is 12.4 Å². The summed E-state index contributed by atoms with van der Waals surface area (Å²) >= 11 is 0. The molecule has 0 radical (unpaired) electrons. The molecule has 1 aromatic carbocycles. The van der Waals surface area contributed by atoms with Crippen LogP contribution >= 0.6 is 0 Å². The lowest BCUT2D eigenvalue weighted by Gasteiger charge is -2.25. The van der Waals surface area contributed by atoms with Gasteiger partial charge in [-0.05, 0) is 54.4 Å². The summed E-state index contributed by atoms with van der Waals surface area (Å²) in [4.78, 5) is 4.03. The lowest BCUT2D eigenvalue weighted by atomic mass is 9.80. The first-order valence-corrected chi connectivity index (χ1v) is 8.02. The van der Waals surface area contributed by atoms with Gasteiger partial charge in [0.05, 0.1) is 6.54 Å². The summed E-state index contributed by atoms with van der Waals surface area (Å²) in [5.41, 5.74) is 8.57. The van der Waals surface area contributed by atoms with Gasteiger partial charge in [-0.3, -0.25) is 0 Å². The lowest BCUT2D eigenvalue weighted by Crippen LogP contribution is -2.24. The maximum atomic E-state index is 5.86. The third kappa shape index (κ3) is 2.47. The van der Waals surface area contributed by atoms with Crippen molar-refractivity contribution in [1.82, 2.24) is 0 Å². The number of ether oxygens (including phenoxy) is 2. The van der Waals surface area contributed by atoms with Crippen LogP contribution in [0.1, 0.15) is 42.7 Å². The van der Waals surface area contributed by atoms with Gasteiger partial charge >= 0.3 is 0 Å². The molecule has 0 saturated heterocycles. The first kappa shape index (κ1) is 13.0. The summed E-state index contributed by atoms with van der Waals surface area (Å²) in [6.45, 7) is 1.11. The fourth-order valence-electron chi connectivity index (χ4n) is 4.07. The molecule has 1 aromatic rings. The number of nitrogens with two attached hydrogens (primary N) is 1. The van der Waals surface area contributed by atoms with Gasteiger partial charge in [-0.1, -0.05) is 18.9 Å². The molecular weight excluding hydrogens is 264 g/mol. The topological polar surface area (TPSA) is 56.8 Å². The molecule has 1 saturated carbocycles. The highest BCUT2D eigenvalue weighted by Gasteiger charge is 2.34. The Kier molecular flexibility index (Phi) is 3.24. The molecule has 3 atom stereocenters. The Morgan fingerprint density at radius 2 is 2.19 bits per heavy atom. The second-order valence-electron chi connectivity index (χ2n) is 6.45. The minimum Gasteiger partial charge on any atom is -0.490 e. The highest BCUT2D eigenvalue weighted by Crippen LogP contribution is 2.47.